The lowest BCUT2D eigenvalue weighted by molar-refractivity contribution is 0.110. The van der Waals surface area contributed by atoms with Crippen molar-refractivity contribution in [1.82, 2.24) is 0 Å². The highest BCUT2D eigenvalue weighted by Crippen LogP contribution is 2.20. The summed E-state index contributed by atoms with van der Waals surface area (Å²) < 4.78 is 10.5. The Bertz CT molecular complexity index is 322. The molecule has 1 atom stereocenters. The fraction of sp³-hybridized carbons (Fsp3) is 0.583. The molecule has 16 heavy (non-hydrogen) atoms. The Kier molecular flexibility index (Phi) is 5.05. The fourth-order valence-electron chi connectivity index (χ4n) is 1.52. The molecular formula is C12H19NO3. The van der Waals surface area contributed by atoms with Crippen LogP contribution in [-0.4, -0.2) is 32.6 Å². The number of hydrogen-bond acceptors (Lipinski definition) is 4. The minimum Gasteiger partial charge on any atom is -0.438 e. The van der Waals surface area contributed by atoms with Crippen LogP contribution < -0.4 is 4.90 Å². The van der Waals surface area contributed by atoms with Crippen molar-refractivity contribution in [2.75, 3.05) is 25.2 Å². The number of rotatable bonds is 7. The molecule has 0 N–H and O–H groups in total. The molecule has 0 fully saturated rings. The number of ether oxygens (including phenoxy) is 1. The average molecular weight is 225 g/mol. The number of carbonyl (C=O) groups excluding carboxylic acids is 1. The third-order valence-corrected chi connectivity index (χ3v) is 2.67. The van der Waals surface area contributed by atoms with E-state index in [1.54, 1.807) is 13.2 Å². The van der Waals surface area contributed by atoms with Crippen molar-refractivity contribution in [3.8, 4) is 0 Å². The number of furan rings is 1. The van der Waals surface area contributed by atoms with Gasteiger partial charge in [-0.2, -0.15) is 0 Å². The second-order valence-corrected chi connectivity index (χ2v) is 3.74. The van der Waals surface area contributed by atoms with Gasteiger partial charge in [-0.05, 0) is 19.4 Å². The second kappa shape index (κ2) is 6.33. The van der Waals surface area contributed by atoms with Crippen LogP contribution in [0.3, 0.4) is 0 Å². The Balaban J connectivity index is 2.77. The van der Waals surface area contributed by atoms with Gasteiger partial charge >= 0.3 is 0 Å². The van der Waals surface area contributed by atoms with Crippen molar-refractivity contribution in [3.05, 3.63) is 17.9 Å². The van der Waals surface area contributed by atoms with Crippen LogP contribution in [0.15, 0.2) is 16.5 Å². The van der Waals surface area contributed by atoms with E-state index >= 15 is 0 Å². The van der Waals surface area contributed by atoms with Crippen molar-refractivity contribution in [1.29, 1.82) is 0 Å². The Labute approximate surface area is 96.2 Å². The molecule has 4 nitrogen and oxygen atoms in total. The maximum Gasteiger partial charge on any atom is 0.196 e. The van der Waals surface area contributed by atoms with Crippen LogP contribution in [0, 0.1) is 0 Å². The molecule has 0 aromatic carbocycles. The summed E-state index contributed by atoms with van der Waals surface area (Å²) in [7, 11) is 1.67. The first kappa shape index (κ1) is 12.8. The molecule has 90 valence electrons. The number of aldehydes is 1. The molecule has 1 aromatic rings. The fourth-order valence-corrected chi connectivity index (χ4v) is 1.52. The van der Waals surface area contributed by atoms with E-state index in [0.29, 0.717) is 24.7 Å². The highest BCUT2D eigenvalue weighted by Gasteiger charge is 2.16. The van der Waals surface area contributed by atoms with Crippen LogP contribution in [0.1, 0.15) is 30.8 Å². The normalized spacial score (nSPS) is 12.4. The van der Waals surface area contributed by atoms with E-state index in [0.717, 1.165) is 18.8 Å². The molecule has 0 bridgehead atoms. The molecule has 0 aliphatic heterocycles. The molecule has 1 rings (SSSR count). The van der Waals surface area contributed by atoms with Gasteiger partial charge in [-0.15, -0.1) is 0 Å². The van der Waals surface area contributed by atoms with Crippen molar-refractivity contribution in [2.24, 2.45) is 0 Å². The third-order valence-electron chi connectivity index (χ3n) is 2.67. The predicted molar refractivity (Wildman–Crippen MR) is 63.1 cm³/mol. The van der Waals surface area contributed by atoms with Gasteiger partial charge in [0.25, 0.3) is 0 Å². The zero-order valence-corrected chi connectivity index (χ0v) is 10.1. The Morgan fingerprint density at radius 2 is 2.31 bits per heavy atom. The summed E-state index contributed by atoms with van der Waals surface area (Å²) in [5, 5.41) is 0. The first-order valence-electron chi connectivity index (χ1n) is 5.53. The predicted octanol–water partition coefficient (Wildman–Crippen LogP) is 2.34. The van der Waals surface area contributed by atoms with Crippen molar-refractivity contribution in [2.45, 2.75) is 26.3 Å². The van der Waals surface area contributed by atoms with E-state index in [-0.39, 0.29) is 0 Å². The largest absolute Gasteiger partial charge is 0.438 e. The number of hydrogen-bond donors (Lipinski definition) is 0. The first-order chi connectivity index (χ1) is 7.72. The first-order valence-corrected chi connectivity index (χ1v) is 5.53. The summed E-state index contributed by atoms with van der Waals surface area (Å²) >= 11 is 0. The van der Waals surface area contributed by atoms with Crippen molar-refractivity contribution in [3.63, 3.8) is 0 Å². The van der Waals surface area contributed by atoms with Gasteiger partial charge in [0, 0.05) is 25.8 Å². The van der Waals surface area contributed by atoms with Crippen LogP contribution in [0.25, 0.3) is 0 Å². The summed E-state index contributed by atoms with van der Waals surface area (Å²) in [6.45, 7) is 5.64. The van der Waals surface area contributed by atoms with Gasteiger partial charge in [-0.3, -0.25) is 4.79 Å². The minimum absolute atomic E-state index is 0.362. The summed E-state index contributed by atoms with van der Waals surface area (Å²) in [4.78, 5) is 12.7. The van der Waals surface area contributed by atoms with Gasteiger partial charge in [0.15, 0.2) is 17.9 Å². The number of anilines is 1. The van der Waals surface area contributed by atoms with Crippen LogP contribution in [-0.2, 0) is 4.74 Å². The van der Waals surface area contributed by atoms with Crippen LogP contribution in [0.2, 0.25) is 0 Å². The molecule has 1 unspecified atom stereocenters. The summed E-state index contributed by atoms with van der Waals surface area (Å²) in [5.74, 6) is 1.09. The Morgan fingerprint density at radius 1 is 1.56 bits per heavy atom. The molecule has 0 aliphatic rings. The maximum atomic E-state index is 10.6. The Morgan fingerprint density at radius 3 is 2.81 bits per heavy atom. The van der Waals surface area contributed by atoms with Gasteiger partial charge < -0.3 is 14.1 Å². The summed E-state index contributed by atoms with van der Waals surface area (Å²) in [6.07, 6.45) is 1.73. The van der Waals surface area contributed by atoms with Crippen molar-refractivity contribution < 1.29 is 13.9 Å². The lowest BCUT2D eigenvalue weighted by Crippen LogP contribution is -2.35. The zero-order chi connectivity index (χ0) is 12.0. The van der Waals surface area contributed by atoms with Crippen LogP contribution >= 0.6 is 0 Å². The molecule has 0 aliphatic carbocycles. The van der Waals surface area contributed by atoms with E-state index in [2.05, 4.69) is 18.7 Å². The smallest absolute Gasteiger partial charge is 0.196 e. The highest BCUT2D eigenvalue weighted by molar-refractivity contribution is 5.71. The number of methoxy groups -OCH3 is 1. The second-order valence-electron chi connectivity index (χ2n) is 3.74. The van der Waals surface area contributed by atoms with Gasteiger partial charge in [0.1, 0.15) is 0 Å². The molecular weight excluding hydrogens is 206 g/mol. The van der Waals surface area contributed by atoms with Crippen molar-refractivity contribution >= 4 is 12.2 Å². The molecule has 0 spiro atoms. The van der Waals surface area contributed by atoms with Gasteiger partial charge in [0.2, 0.25) is 0 Å². The van der Waals surface area contributed by atoms with E-state index in [1.165, 1.54) is 0 Å². The molecule has 0 saturated heterocycles. The SMILES string of the molecule is CCC(C)N(CCOC)c1ccc(C=O)o1. The molecule has 4 heteroatoms. The quantitative estimate of drug-likeness (QED) is 0.668. The van der Waals surface area contributed by atoms with Crippen LogP contribution in [0.4, 0.5) is 5.88 Å². The monoisotopic (exact) mass is 225 g/mol. The zero-order valence-electron chi connectivity index (χ0n) is 10.1. The third kappa shape index (κ3) is 3.10. The molecule has 1 aromatic heterocycles. The Hall–Kier alpha value is -1.29. The molecule has 0 amide bonds. The topological polar surface area (TPSA) is 42.7 Å². The van der Waals surface area contributed by atoms with E-state index in [1.807, 2.05) is 6.07 Å². The molecule has 0 radical (unpaired) electrons. The van der Waals surface area contributed by atoms with Gasteiger partial charge in [-0.1, -0.05) is 6.92 Å². The van der Waals surface area contributed by atoms with Crippen LogP contribution in [0.5, 0.6) is 0 Å². The lowest BCUT2D eigenvalue weighted by atomic mass is 10.2. The maximum absolute atomic E-state index is 10.6. The highest BCUT2D eigenvalue weighted by atomic mass is 16.5. The number of nitrogens with zero attached hydrogens (tertiary/aromatic N) is 1. The lowest BCUT2D eigenvalue weighted by Gasteiger charge is -2.27. The van der Waals surface area contributed by atoms with E-state index < -0.39 is 0 Å². The van der Waals surface area contributed by atoms with Gasteiger partial charge in [0.05, 0.1) is 6.61 Å². The van der Waals surface area contributed by atoms with E-state index in [9.17, 15) is 4.79 Å². The molecule has 0 saturated carbocycles. The molecule has 1 heterocycles. The van der Waals surface area contributed by atoms with E-state index in [4.69, 9.17) is 9.15 Å². The summed E-state index contributed by atoms with van der Waals surface area (Å²) in [6, 6.07) is 3.87. The average Bonchev–Trinajstić information content (AvgIpc) is 2.77. The van der Waals surface area contributed by atoms with Gasteiger partial charge in [-0.25, -0.2) is 0 Å². The summed E-state index contributed by atoms with van der Waals surface area (Å²) in [5.41, 5.74) is 0. The number of carbonyl (C=O) groups is 1. The minimum atomic E-state index is 0.362. The standard InChI is InChI=1S/C12H19NO3/c1-4-10(2)13(7-8-15-3)12-6-5-11(9-14)16-12/h5-6,9-10H,4,7-8H2,1-3H3.